The second kappa shape index (κ2) is 14.9. The third-order valence-corrected chi connectivity index (χ3v) is 6.60. The molecule has 38 heavy (non-hydrogen) atoms. The molecule has 0 unspecified atom stereocenters. The van der Waals surface area contributed by atoms with Gasteiger partial charge in [0.05, 0.1) is 30.1 Å². The van der Waals surface area contributed by atoms with E-state index in [4.69, 9.17) is 11.5 Å². The van der Waals surface area contributed by atoms with Crippen molar-refractivity contribution in [2.75, 3.05) is 17.7 Å². The second-order valence-corrected chi connectivity index (χ2v) is 8.96. The van der Waals surface area contributed by atoms with Gasteiger partial charge in [0.1, 0.15) is 18.0 Å². The Bertz CT molecular complexity index is 1150. The zero-order valence-electron chi connectivity index (χ0n) is 20.6. The topological polar surface area (TPSA) is 237 Å². The average molecular weight is 565 g/mol. The van der Waals surface area contributed by atoms with E-state index in [9.17, 15) is 39.0 Å². The van der Waals surface area contributed by atoms with Crippen LogP contribution in [-0.2, 0) is 35.1 Å². The van der Waals surface area contributed by atoms with Crippen LogP contribution in [0.3, 0.4) is 0 Å². The number of hydrogen-bond donors (Lipinski definition) is 4. The fraction of sp³-hybridized carbons (Fsp3) is 0.333. The van der Waals surface area contributed by atoms with Gasteiger partial charge in [0.25, 0.3) is 5.91 Å². The van der Waals surface area contributed by atoms with E-state index in [-0.39, 0.29) is 76.9 Å². The molecule has 17 heteroatoms. The Balaban J connectivity index is 0.00000361. The summed E-state index contributed by atoms with van der Waals surface area (Å²) in [4.78, 5) is 70.9. The maximum Gasteiger partial charge on any atom is 1.00 e. The molecule has 0 aromatic heterocycles. The van der Waals surface area contributed by atoms with Crippen LogP contribution in [0.1, 0.15) is 12.0 Å². The van der Waals surface area contributed by atoms with Gasteiger partial charge in [-0.3, -0.25) is 19.3 Å². The largest absolute Gasteiger partial charge is 1.00 e. The molecule has 3 atom stereocenters. The number of carboxylic acids is 2. The van der Waals surface area contributed by atoms with Crippen molar-refractivity contribution >= 4 is 53.2 Å². The Morgan fingerprint density at radius 1 is 1.11 bits per heavy atom. The van der Waals surface area contributed by atoms with Gasteiger partial charge in [0, 0.05) is 23.4 Å². The number of ether oxygens (including phenoxy) is 1. The summed E-state index contributed by atoms with van der Waals surface area (Å²) in [6.07, 6.45) is -1.67. The Hall–Kier alpha value is -2.11. The predicted octanol–water partition coefficient (Wildman–Crippen LogP) is -9.86. The van der Waals surface area contributed by atoms with Crippen molar-refractivity contribution in [3.05, 3.63) is 41.1 Å². The molecule has 0 spiro atoms. The van der Waals surface area contributed by atoms with E-state index in [1.165, 1.54) is 23.9 Å². The minimum atomic E-state index is -1.62. The normalized spacial score (nSPS) is 18.4. The number of primary amides is 1. The number of β-lactam (4-membered cyclic amide) rings is 1. The molecule has 0 bridgehead atoms. The molecule has 2 aliphatic rings. The van der Waals surface area contributed by atoms with Crippen LogP contribution in [0.25, 0.3) is 0 Å². The van der Waals surface area contributed by atoms with Crippen LogP contribution < -0.4 is 91.4 Å². The summed E-state index contributed by atoms with van der Waals surface area (Å²) < 4.78 is 4.63. The summed E-state index contributed by atoms with van der Waals surface area (Å²) in [6.45, 7) is -0.404. The number of nitrogens with two attached hydrogens (primary N) is 2. The second-order valence-electron chi connectivity index (χ2n) is 7.85. The maximum absolute atomic E-state index is 12.6. The number of fused-ring (bicyclic) bond motifs is 1. The van der Waals surface area contributed by atoms with Gasteiger partial charge in [-0.1, -0.05) is 12.1 Å². The van der Waals surface area contributed by atoms with Crippen LogP contribution in [0.4, 0.5) is 10.5 Å². The summed E-state index contributed by atoms with van der Waals surface area (Å²) in [5, 5.41) is 26.6. The first kappa shape index (κ1) is 33.9. The standard InChI is InChI=1S/C21H23N5O9S.2Na/c22-12(19(30)31)6-14(28)24-11-3-1-9(2-4-11)5-13(27)25-15-17(29)26-16(20(32)33)10(7-35-21(23)34)8-36-18(15)26;;/h1-4,12,15,18H,5-8,22H2,(H2,23,34)(H,24,28)(H,25,27)(H,30,31)(H,32,33);;/q;2*+1/p-2/t12-,15-,18+;;/m1../s1. The summed E-state index contributed by atoms with van der Waals surface area (Å²) in [5.74, 6) is -4.80. The van der Waals surface area contributed by atoms with Crippen molar-refractivity contribution in [3.63, 3.8) is 0 Å². The molecule has 3 rings (SSSR count). The van der Waals surface area contributed by atoms with Crippen LogP contribution >= 0.6 is 11.8 Å². The van der Waals surface area contributed by atoms with Crippen LogP contribution in [-0.4, -0.2) is 70.5 Å². The molecular formula is C21H21N5Na2O9S. The molecule has 0 radical (unpaired) electrons. The molecule has 1 aromatic rings. The first-order valence-corrected chi connectivity index (χ1v) is 11.5. The Labute approximate surface area is 264 Å². The fourth-order valence-corrected chi connectivity index (χ4v) is 4.88. The van der Waals surface area contributed by atoms with Gasteiger partial charge in [0.15, 0.2) is 0 Å². The third-order valence-electron chi connectivity index (χ3n) is 5.26. The molecule has 0 aliphatic carbocycles. The van der Waals surface area contributed by atoms with Gasteiger partial charge >= 0.3 is 65.2 Å². The first-order chi connectivity index (χ1) is 17.0. The average Bonchev–Trinajstić information content (AvgIpc) is 2.81. The molecule has 14 nitrogen and oxygen atoms in total. The minimum Gasteiger partial charge on any atom is -0.548 e. The van der Waals surface area contributed by atoms with Crippen molar-refractivity contribution in [2.24, 2.45) is 11.5 Å². The zero-order chi connectivity index (χ0) is 26.6. The number of nitrogens with zero attached hydrogens (tertiary/aromatic N) is 1. The van der Waals surface area contributed by atoms with E-state index in [0.29, 0.717) is 11.3 Å². The zero-order valence-corrected chi connectivity index (χ0v) is 25.4. The number of rotatable bonds is 10. The number of thioether (sulfide) groups is 1. The van der Waals surface area contributed by atoms with E-state index in [1.54, 1.807) is 12.1 Å². The smallest absolute Gasteiger partial charge is 0.548 e. The van der Waals surface area contributed by atoms with E-state index >= 15 is 0 Å². The van der Waals surface area contributed by atoms with Crippen LogP contribution in [0.5, 0.6) is 0 Å². The molecular weight excluding hydrogens is 544 g/mol. The van der Waals surface area contributed by atoms with Gasteiger partial charge in [-0.25, -0.2) is 4.79 Å². The summed E-state index contributed by atoms with van der Waals surface area (Å²) in [5.41, 5.74) is 10.8. The molecule has 4 amide bonds. The number of benzene rings is 1. The summed E-state index contributed by atoms with van der Waals surface area (Å²) in [7, 11) is 0. The number of carbonyl (C=O) groups excluding carboxylic acids is 6. The van der Waals surface area contributed by atoms with Gasteiger partial charge in [0.2, 0.25) is 11.8 Å². The van der Waals surface area contributed by atoms with Crippen LogP contribution in [0, 0.1) is 0 Å². The van der Waals surface area contributed by atoms with Crippen molar-refractivity contribution in [1.82, 2.24) is 10.2 Å². The predicted molar refractivity (Wildman–Crippen MR) is 119 cm³/mol. The molecule has 0 saturated carbocycles. The molecule has 1 saturated heterocycles. The van der Waals surface area contributed by atoms with Crippen molar-refractivity contribution < 1.29 is 103 Å². The SMILES string of the molecule is NC(=O)OCC1=C(C(=O)[O-])N2C(=O)[C@@H](NC(=O)Cc3ccc(NC(=O)C[C@@H](N)C(=O)[O-])cc3)[C@@H]2SC1.[Na+].[Na+]. The molecule has 1 fully saturated rings. The van der Waals surface area contributed by atoms with Crippen molar-refractivity contribution in [3.8, 4) is 0 Å². The number of hydrogen-bond acceptors (Lipinski definition) is 11. The van der Waals surface area contributed by atoms with Crippen LogP contribution in [0.2, 0.25) is 0 Å². The summed E-state index contributed by atoms with van der Waals surface area (Å²) in [6, 6.07) is 3.73. The Kier molecular flexibility index (Phi) is 13.3. The van der Waals surface area contributed by atoms with Gasteiger partial charge in [-0.15, -0.1) is 11.8 Å². The number of aliphatic carboxylic acids is 2. The Morgan fingerprint density at radius 2 is 1.74 bits per heavy atom. The Morgan fingerprint density at radius 3 is 2.29 bits per heavy atom. The quantitative estimate of drug-likeness (QED) is 0.153. The molecule has 6 N–H and O–H groups in total. The monoisotopic (exact) mass is 565 g/mol. The van der Waals surface area contributed by atoms with Crippen molar-refractivity contribution in [1.29, 1.82) is 0 Å². The molecule has 1 aromatic carbocycles. The van der Waals surface area contributed by atoms with Crippen molar-refractivity contribution in [2.45, 2.75) is 30.3 Å². The number of amides is 4. The van der Waals surface area contributed by atoms with E-state index in [0.717, 1.165) is 4.90 Å². The fourth-order valence-electron chi connectivity index (χ4n) is 3.55. The van der Waals surface area contributed by atoms with E-state index in [2.05, 4.69) is 15.4 Å². The molecule has 2 aliphatic heterocycles. The number of carboxylic acid groups (broad SMARTS) is 2. The third kappa shape index (κ3) is 8.44. The maximum atomic E-state index is 12.6. The van der Waals surface area contributed by atoms with Gasteiger partial charge < -0.3 is 46.6 Å². The number of anilines is 1. The van der Waals surface area contributed by atoms with E-state index < -0.39 is 71.9 Å². The number of carbonyl (C=O) groups is 6. The van der Waals surface area contributed by atoms with E-state index in [1.807, 2.05) is 0 Å². The molecule has 2 heterocycles. The summed E-state index contributed by atoms with van der Waals surface area (Å²) >= 11 is 1.19. The van der Waals surface area contributed by atoms with Crippen LogP contribution in [0.15, 0.2) is 35.5 Å². The van der Waals surface area contributed by atoms with Gasteiger partial charge in [-0.05, 0) is 17.7 Å². The minimum absolute atomic E-state index is 0. The molecule has 192 valence electrons. The first-order valence-electron chi connectivity index (χ1n) is 10.4. The van der Waals surface area contributed by atoms with Gasteiger partial charge in [-0.2, -0.15) is 0 Å². The number of nitrogens with one attached hydrogen (secondary N) is 2.